The Hall–Kier alpha value is -0.650. The molecule has 0 bridgehead atoms. The molecule has 0 saturated heterocycles. The molecule has 15 heavy (non-hydrogen) atoms. The van der Waals surface area contributed by atoms with Crippen LogP contribution in [0.25, 0.3) is 0 Å². The summed E-state index contributed by atoms with van der Waals surface area (Å²) < 4.78 is 5.09. The van der Waals surface area contributed by atoms with Crippen LogP contribution in [0.3, 0.4) is 0 Å². The van der Waals surface area contributed by atoms with Crippen LogP contribution < -0.4 is 4.90 Å². The molecule has 1 aromatic heterocycles. The van der Waals surface area contributed by atoms with Gasteiger partial charge in [-0.05, 0) is 13.8 Å². The summed E-state index contributed by atoms with van der Waals surface area (Å²) in [4.78, 5) is 7.22. The number of hydrogen-bond donors (Lipinski definition) is 1. The minimum atomic E-state index is -0.442. The first kappa shape index (κ1) is 12.4. The molecule has 0 saturated carbocycles. The maximum absolute atomic E-state index is 9.39. The van der Waals surface area contributed by atoms with Gasteiger partial charge >= 0.3 is 0 Å². The molecule has 0 aliphatic rings. The Labute approximate surface area is 94.5 Å². The third-order valence-corrected chi connectivity index (χ3v) is 3.55. The van der Waals surface area contributed by atoms with E-state index < -0.39 is 6.10 Å². The van der Waals surface area contributed by atoms with Crippen molar-refractivity contribution in [1.29, 1.82) is 0 Å². The highest BCUT2D eigenvalue weighted by molar-refractivity contribution is 7.15. The van der Waals surface area contributed by atoms with Crippen LogP contribution in [0.2, 0.25) is 0 Å². The summed E-state index contributed by atoms with van der Waals surface area (Å²) in [5, 5.41) is 10.3. The quantitative estimate of drug-likeness (QED) is 0.835. The van der Waals surface area contributed by atoms with Gasteiger partial charge < -0.3 is 14.7 Å². The van der Waals surface area contributed by atoms with Crippen LogP contribution in [0, 0.1) is 0 Å². The normalized spacial score (nSPS) is 15.0. The highest BCUT2D eigenvalue weighted by atomic mass is 32.1. The number of rotatable bonds is 5. The van der Waals surface area contributed by atoms with E-state index in [-0.39, 0.29) is 6.04 Å². The lowest BCUT2D eigenvalue weighted by Gasteiger charge is -2.23. The SMILES string of the molecule is COCC(C)N(C)c1ncc(C(C)O)s1. The van der Waals surface area contributed by atoms with Crippen molar-refractivity contribution in [2.75, 3.05) is 25.7 Å². The minimum absolute atomic E-state index is 0.281. The number of aromatic nitrogens is 1. The van der Waals surface area contributed by atoms with E-state index in [9.17, 15) is 5.11 Å². The molecule has 0 aliphatic heterocycles. The third-order valence-electron chi connectivity index (χ3n) is 2.29. The predicted molar refractivity (Wildman–Crippen MR) is 62.5 cm³/mol. The molecule has 0 aromatic carbocycles. The summed E-state index contributed by atoms with van der Waals surface area (Å²) in [6, 6.07) is 0.281. The van der Waals surface area contributed by atoms with E-state index in [1.54, 1.807) is 20.2 Å². The second kappa shape index (κ2) is 5.44. The third kappa shape index (κ3) is 3.15. The van der Waals surface area contributed by atoms with E-state index >= 15 is 0 Å². The molecule has 1 rings (SSSR count). The van der Waals surface area contributed by atoms with Crippen LogP contribution in [0.15, 0.2) is 6.20 Å². The number of aliphatic hydroxyl groups excluding tert-OH is 1. The second-order valence-corrected chi connectivity index (χ2v) is 4.68. The Morgan fingerprint density at radius 2 is 2.27 bits per heavy atom. The van der Waals surface area contributed by atoms with E-state index in [4.69, 9.17) is 4.74 Å². The lowest BCUT2D eigenvalue weighted by atomic mass is 10.3. The van der Waals surface area contributed by atoms with Crippen LogP contribution in [-0.4, -0.2) is 36.9 Å². The summed E-state index contributed by atoms with van der Waals surface area (Å²) in [7, 11) is 3.67. The van der Waals surface area contributed by atoms with Crippen molar-refractivity contribution in [3.63, 3.8) is 0 Å². The smallest absolute Gasteiger partial charge is 0.185 e. The number of anilines is 1. The number of nitrogens with zero attached hydrogens (tertiary/aromatic N) is 2. The van der Waals surface area contributed by atoms with Gasteiger partial charge in [-0.25, -0.2) is 4.98 Å². The van der Waals surface area contributed by atoms with Crippen LogP contribution in [0.5, 0.6) is 0 Å². The zero-order valence-electron chi connectivity index (χ0n) is 9.60. The van der Waals surface area contributed by atoms with Crippen molar-refractivity contribution in [2.45, 2.75) is 26.0 Å². The summed E-state index contributed by atoms with van der Waals surface area (Å²) in [6.45, 7) is 4.49. The predicted octanol–water partition coefficient (Wildman–Crippen LogP) is 1.67. The van der Waals surface area contributed by atoms with Gasteiger partial charge in [0.25, 0.3) is 0 Å². The summed E-state index contributed by atoms with van der Waals surface area (Å²) in [6.07, 6.45) is 1.28. The monoisotopic (exact) mass is 230 g/mol. The summed E-state index contributed by atoms with van der Waals surface area (Å²) >= 11 is 1.51. The number of methoxy groups -OCH3 is 1. The Kier molecular flexibility index (Phi) is 4.50. The molecule has 86 valence electrons. The van der Waals surface area contributed by atoms with Crippen LogP contribution in [0.4, 0.5) is 5.13 Å². The zero-order chi connectivity index (χ0) is 11.4. The topological polar surface area (TPSA) is 45.6 Å². The molecule has 0 aliphatic carbocycles. The van der Waals surface area contributed by atoms with Gasteiger partial charge in [-0.1, -0.05) is 11.3 Å². The van der Waals surface area contributed by atoms with Crippen LogP contribution in [0.1, 0.15) is 24.8 Å². The fourth-order valence-corrected chi connectivity index (χ4v) is 2.09. The van der Waals surface area contributed by atoms with Gasteiger partial charge in [0, 0.05) is 20.4 Å². The van der Waals surface area contributed by atoms with E-state index in [2.05, 4.69) is 16.8 Å². The van der Waals surface area contributed by atoms with Crippen molar-refractivity contribution in [2.24, 2.45) is 0 Å². The molecule has 1 aromatic rings. The van der Waals surface area contributed by atoms with Crippen molar-refractivity contribution < 1.29 is 9.84 Å². The standard InChI is InChI=1S/C10H18N2O2S/c1-7(6-14-4)12(3)10-11-5-9(15-10)8(2)13/h5,7-8,13H,6H2,1-4H3. The first-order valence-corrected chi connectivity index (χ1v) is 5.73. The van der Waals surface area contributed by atoms with Crippen LogP contribution in [-0.2, 0) is 4.74 Å². The minimum Gasteiger partial charge on any atom is -0.388 e. The van der Waals surface area contributed by atoms with Crippen molar-refractivity contribution in [3.05, 3.63) is 11.1 Å². The molecule has 4 nitrogen and oxygen atoms in total. The van der Waals surface area contributed by atoms with Gasteiger partial charge in [0.1, 0.15) is 0 Å². The largest absolute Gasteiger partial charge is 0.388 e. The molecule has 0 amide bonds. The molecular weight excluding hydrogens is 212 g/mol. The molecule has 1 heterocycles. The average molecular weight is 230 g/mol. The summed E-state index contributed by atoms with van der Waals surface area (Å²) in [5.41, 5.74) is 0. The Bertz CT molecular complexity index is 301. The molecule has 0 fully saturated rings. The van der Waals surface area contributed by atoms with E-state index in [1.807, 2.05) is 7.05 Å². The van der Waals surface area contributed by atoms with E-state index in [0.29, 0.717) is 6.61 Å². The molecular formula is C10H18N2O2S. The van der Waals surface area contributed by atoms with Gasteiger partial charge in [0.15, 0.2) is 5.13 Å². The van der Waals surface area contributed by atoms with Gasteiger partial charge in [-0.2, -0.15) is 0 Å². The second-order valence-electron chi connectivity index (χ2n) is 3.64. The van der Waals surface area contributed by atoms with Gasteiger partial charge in [0.05, 0.1) is 23.6 Å². The maximum atomic E-state index is 9.39. The summed E-state index contributed by atoms with van der Waals surface area (Å²) in [5.74, 6) is 0. The number of ether oxygens (including phenoxy) is 1. The number of hydrogen-bond acceptors (Lipinski definition) is 5. The van der Waals surface area contributed by atoms with Gasteiger partial charge in [0.2, 0.25) is 0 Å². The average Bonchev–Trinajstić information content (AvgIpc) is 2.65. The first-order chi connectivity index (χ1) is 7.06. The number of likely N-dealkylation sites (N-methyl/N-ethyl adjacent to an activating group) is 1. The first-order valence-electron chi connectivity index (χ1n) is 4.91. The molecule has 0 radical (unpaired) electrons. The van der Waals surface area contributed by atoms with Crippen molar-refractivity contribution in [1.82, 2.24) is 4.98 Å². The molecule has 2 unspecified atom stereocenters. The Morgan fingerprint density at radius 3 is 2.73 bits per heavy atom. The van der Waals surface area contributed by atoms with E-state index in [1.165, 1.54) is 11.3 Å². The Balaban J connectivity index is 2.69. The maximum Gasteiger partial charge on any atom is 0.185 e. The van der Waals surface area contributed by atoms with Crippen molar-refractivity contribution >= 4 is 16.5 Å². The van der Waals surface area contributed by atoms with Crippen LogP contribution >= 0.6 is 11.3 Å². The molecule has 0 spiro atoms. The highest BCUT2D eigenvalue weighted by Gasteiger charge is 2.14. The van der Waals surface area contributed by atoms with E-state index in [0.717, 1.165) is 10.0 Å². The number of thiazole rings is 1. The fourth-order valence-electron chi connectivity index (χ4n) is 1.17. The molecule has 1 N–H and O–H groups in total. The lowest BCUT2D eigenvalue weighted by Crippen LogP contribution is -2.32. The molecule has 5 heteroatoms. The van der Waals surface area contributed by atoms with Gasteiger partial charge in [-0.3, -0.25) is 0 Å². The fraction of sp³-hybridized carbons (Fsp3) is 0.700. The lowest BCUT2D eigenvalue weighted by molar-refractivity contribution is 0.183. The van der Waals surface area contributed by atoms with Crippen molar-refractivity contribution in [3.8, 4) is 0 Å². The molecule has 2 atom stereocenters. The van der Waals surface area contributed by atoms with Gasteiger partial charge in [-0.15, -0.1) is 0 Å². The Morgan fingerprint density at radius 1 is 1.60 bits per heavy atom. The number of aliphatic hydroxyl groups is 1. The highest BCUT2D eigenvalue weighted by Crippen LogP contribution is 2.27. The zero-order valence-corrected chi connectivity index (χ0v) is 10.4.